The molecule has 1 aliphatic heterocycles. The van der Waals surface area contributed by atoms with Crippen LogP contribution in [-0.2, 0) is 4.74 Å². The predicted octanol–water partition coefficient (Wildman–Crippen LogP) is 2.64. The van der Waals surface area contributed by atoms with Crippen molar-refractivity contribution in [2.24, 2.45) is 5.73 Å². The van der Waals surface area contributed by atoms with Gasteiger partial charge >= 0.3 is 0 Å². The first-order valence-electron chi connectivity index (χ1n) is 6.76. The van der Waals surface area contributed by atoms with Crippen LogP contribution in [0.1, 0.15) is 38.3 Å². The lowest BCUT2D eigenvalue weighted by Crippen LogP contribution is -2.46. The van der Waals surface area contributed by atoms with Gasteiger partial charge in [0.1, 0.15) is 0 Å². The lowest BCUT2D eigenvalue weighted by Gasteiger charge is -2.37. The van der Waals surface area contributed by atoms with Gasteiger partial charge < -0.3 is 10.5 Å². The number of hydrogen-bond donors (Lipinski definition) is 1. The van der Waals surface area contributed by atoms with Crippen LogP contribution in [0.4, 0.5) is 0 Å². The van der Waals surface area contributed by atoms with E-state index in [1.54, 1.807) is 11.3 Å². The first kappa shape index (κ1) is 14.0. The Morgan fingerprint density at radius 1 is 1.61 bits per heavy atom. The maximum atomic E-state index is 6.34. The Labute approximate surface area is 114 Å². The summed E-state index contributed by atoms with van der Waals surface area (Å²) in [6.07, 6.45) is 2.40. The van der Waals surface area contributed by atoms with E-state index in [1.165, 1.54) is 5.56 Å². The molecule has 1 aromatic rings. The van der Waals surface area contributed by atoms with Gasteiger partial charge in [-0.2, -0.15) is 11.3 Å². The molecule has 2 N–H and O–H groups in total. The van der Waals surface area contributed by atoms with Crippen LogP contribution < -0.4 is 5.73 Å². The van der Waals surface area contributed by atoms with Gasteiger partial charge in [0.2, 0.25) is 0 Å². The van der Waals surface area contributed by atoms with E-state index < -0.39 is 0 Å². The highest BCUT2D eigenvalue weighted by Crippen LogP contribution is 2.31. The van der Waals surface area contributed by atoms with Crippen LogP contribution in [0.2, 0.25) is 0 Å². The average Bonchev–Trinajstić information content (AvgIpc) is 3.00. The normalized spacial score (nSPS) is 27.6. The van der Waals surface area contributed by atoms with Gasteiger partial charge in [-0.25, -0.2) is 0 Å². The van der Waals surface area contributed by atoms with Gasteiger partial charge in [-0.3, -0.25) is 4.90 Å². The molecule has 0 radical (unpaired) electrons. The van der Waals surface area contributed by atoms with Crippen LogP contribution in [0, 0.1) is 0 Å². The summed E-state index contributed by atoms with van der Waals surface area (Å²) >= 11 is 1.74. The Kier molecular flexibility index (Phi) is 4.78. The minimum Gasteiger partial charge on any atom is -0.377 e. The minimum absolute atomic E-state index is 0.178. The average molecular weight is 268 g/mol. The lowest BCUT2D eigenvalue weighted by atomic mass is 9.96. The van der Waals surface area contributed by atoms with Crippen molar-refractivity contribution in [2.45, 2.75) is 50.9 Å². The third-order valence-corrected chi connectivity index (χ3v) is 4.76. The number of nitrogens with zero attached hydrogens (tertiary/aromatic N) is 1. The van der Waals surface area contributed by atoms with Crippen molar-refractivity contribution in [1.29, 1.82) is 0 Å². The molecular weight excluding hydrogens is 244 g/mol. The molecule has 2 rings (SSSR count). The first-order chi connectivity index (χ1) is 8.65. The Balaban J connectivity index is 2.18. The van der Waals surface area contributed by atoms with E-state index in [2.05, 4.69) is 42.6 Å². The van der Waals surface area contributed by atoms with E-state index in [9.17, 15) is 0 Å². The fraction of sp³-hybridized carbons (Fsp3) is 0.714. The Morgan fingerprint density at radius 2 is 2.39 bits per heavy atom. The molecule has 1 aliphatic rings. The summed E-state index contributed by atoms with van der Waals surface area (Å²) in [5, 5.41) is 4.35. The van der Waals surface area contributed by atoms with Crippen molar-refractivity contribution < 1.29 is 4.74 Å². The molecule has 0 saturated carbocycles. The van der Waals surface area contributed by atoms with Gasteiger partial charge in [0.05, 0.1) is 12.1 Å². The summed E-state index contributed by atoms with van der Waals surface area (Å²) in [7, 11) is 2.19. The number of likely N-dealkylation sites (N-methyl/N-ethyl adjacent to an activating group) is 1. The predicted molar refractivity (Wildman–Crippen MR) is 76.9 cm³/mol. The van der Waals surface area contributed by atoms with E-state index in [-0.39, 0.29) is 6.04 Å². The van der Waals surface area contributed by atoms with Gasteiger partial charge in [-0.1, -0.05) is 6.92 Å². The number of thiophene rings is 1. The Morgan fingerprint density at radius 3 is 2.89 bits per heavy atom. The zero-order valence-electron chi connectivity index (χ0n) is 11.5. The van der Waals surface area contributed by atoms with Crippen molar-refractivity contribution >= 4 is 11.3 Å². The smallest absolute Gasteiger partial charge is 0.0703 e. The molecule has 0 aromatic carbocycles. The zero-order valence-corrected chi connectivity index (χ0v) is 12.3. The summed E-state index contributed by atoms with van der Waals surface area (Å²) in [5.41, 5.74) is 7.69. The molecule has 4 heteroatoms. The van der Waals surface area contributed by atoms with Crippen LogP contribution in [0.3, 0.4) is 0 Å². The molecule has 1 saturated heterocycles. The van der Waals surface area contributed by atoms with Crippen LogP contribution in [0.15, 0.2) is 16.8 Å². The highest BCUT2D eigenvalue weighted by atomic mass is 32.1. The molecule has 0 aliphatic carbocycles. The quantitative estimate of drug-likeness (QED) is 0.892. The second kappa shape index (κ2) is 6.15. The van der Waals surface area contributed by atoms with E-state index in [0.29, 0.717) is 18.2 Å². The molecule has 4 unspecified atom stereocenters. The molecule has 0 spiro atoms. The molecule has 1 aromatic heterocycles. The van der Waals surface area contributed by atoms with E-state index in [0.717, 1.165) is 19.4 Å². The fourth-order valence-electron chi connectivity index (χ4n) is 2.91. The van der Waals surface area contributed by atoms with Gasteiger partial charge in [-0.15, -0.1) is 0 Å². The van der Waals surface area contributed by atoms with E-state index in [4.69, 9.17) is 10.5 Å². The first-order valence-corrected chi connectivity index (χ1v) is 7.70. The van der Waals surface area contributed by atoms with E-state index in [1.807, 2.05) is 0 Å². The summed E-state index contributed by atoms with van der Waals surface area (Å²) in [4.78, 5) is 2.42. The maximum Gasteiger partial charge on any atom is 0.0703 e. The minimum atomic E-state index is 0.178. The third kappa shape index (κ3) is 2.77. The van der Waals surface area contributed by atoms with Gasteiger partial charge in [0, 0.05) is 18.7 Å². The monoisotopic (exact) mass is 268 g/mol. The number of hydrogen-bond acceptors (Lipinski definition) is 4. The lowest BCUT2D eigenvalue weighted by molar-refractivity contribution is 0.0609. The van der Waals surface area contributed by atoms with Crippen molar-refractivity contribution in [3.05, 3.63) is 22.4 Å². The molecule has 102 valence electrons. The molecule has 2 heterocycles. The summed E-state index contributed by atoms with van der Waals surface area (Å²) < 4.78 is 5.69. The van der Waals surface area contributed by atoms with Crippen molar-refractivity contribution in [3.8, 4) is 0 Å². The molecule has 0 bridgehead atoms. The SMILES string of the molecule is CCC(N)C(c1ccsc1)N(C)C1CCOC1C. The van der Waals surface area contributed by atoms with Gasteiger partial charge in [0.15, 0.2) is 0 Å². The van der Waals surface area contributed by atoms with Crippen molar-refractivity contribution in [1.82, 2.24) is 4.90 Å². The molecular formula is C14H24N2OS. The number of rotatable bonds is 5. The molecule has 4 atom stereocenters. The number of ether oxygens (including phenoxy) is 1. The highest BCUT2D eigenvalue weighted by Gasteiger charge is 2.34. The zero-order chi connectivity index (χ0) is 13.1. The van der Waals surface area contributed by atoms with E-state index >= 15 is 0 Å². The van der Waals surface area contributed by atoms with Crippen LogP contribution >= 0.6 is 11.3 Å². The third-order valence-electron chi connectivity index (χ3n) is 4.06. The highest BCUT2D eigenvalue weighted by molar-refractivity contribution is 7.07. The fourth-order valence-corrected chi connectivity index (χ4v) is 3.60. The van der Waals surface area contributed by atoms with Crippen molar-refractivity contribution in [2.75, 3.05) is 13.7 Å². The van der Waals surface area contributed by atoms with Crippen LogP contribution in [0.5, 0.6) is 0 Å². The molecule has 18 heavy (non-hydrogen) atoms. The summed E-state index contributed by atoms with van der Waals surface area (Å²) in [6.45, 7) is 5.19. The summed E-state index contributed by atoms with van der Waals surface area (Å²) in [6, 6.07) is 3.15. The van der Waals surface area contributed by atoms with Gasteiger partial charge in [-0.05, 0) is 49.2 Å². The largest absolute Gasteiger partial charge is 0.377 e. The Hall–Kier alpha value is -0.420. The second-order valence-electron chi connectivity index (χ2n) is 5.17. The van der Waals surface area contributed by atoms with Crippen LogP contribution in [0.25, 0.3) is 0 Å². The molecule has 3 nitrogen and oxygen atoms in total. The summed E-state index contributed by atoms with van der Waals surface area (Å²) in [5.74, 6) is 0. The molecule has 0 amide bonds. The van der Waals surface area contributed by atoms with Gasteiger partial charge in [0.25, 0.3) is 0 Å². The van der Waals surface area contributed by atoms with Crippen LogP contribution in [-0.4, -0.2) is 36.7 Å². The topological polar surface area (TPSA) is 38.5 Å². The standard InChI is InChI=1S/C14H24N2OS/c1-4-12(15)14(11-6-8-18-9-11)16(3)13-5-7-17-10(13)2/h6,8-10,12-14H,4-5,7,15H2,1-3H3. The maximum absolute atomic E-state index is 6.34. The van der Waals surface area contributed by atoms with Crippen molar-refractivity contribution in [3.63, 3.8) is 0 Å². The Bertz CT molecular complexity index is 355. The second-order valence-corrected chi connectivity index (χ2v) is 5.95. The molecule has 1 fully saturated rings. The number of nitrogens with two attached hydrogens (primary N) is 1.